The van der Waals surface area contributed by atoms with E-state index in [2.05, 4.69) is 17.0 Å². The van der Waals surface area contributed by atoms with Crippen LogP contribution in [0.4, 0.5) is 4.79 Å². The second kappa shape index (κ2) is 7.48. The van der Waals surface area contributed by atoms with Crippen molar-refractivity contribution in [2.24, 2.45) is 5.73 Å². The Labute approximate surface area is 58.1 Å². The molecule has 0 aromatic carbocycles. The summed E-state index contributed by atoms with van der Waals surface area (Å²) in [5.74, 6) is -0.481. The highest BCUT2D eigenvalue weighted by Gasteiger charge is 1.80. The summed E-state index contributed by atoms with van der Waals surface area (Å²) in [7, 11) is 1.10. The van der Waals surface area contributed by atoms with Crippen molar-refractivity contribution in [2.45, 2.75) is 0 Å². The summed E-state index contributed by atoms with van der Waals surface area (Å²) < 4.78 is 3.67. The third-order valence-electron chi connectivity index (χ3n) is 0.376. The van der Waals surface area contributed by atoms with Crippen LogP contribution in [0, 0.1) is 0 Å². The average molecular weight is 147 g/mol. The molecule has 0 saturated carbocycles. The van der Waals surface area contributed by atoms with Gasteiger partial charge >= 0.3 is 6.16 Å². The zero-order valence-corrected chi connectivity index (χ0v) is 5.53. The molecule has 3 N–H and O–H groups in total. The summed E-state index contributed by atoms with van der Waals surface area (Å²) >= 11 is 0. The normalized spacial score (nSPS) is 6.50. The van der Waals surface area contributed by atoms with Crippen LogP contribution in [-0.2, 0) is 9.53 Å². The zero-order chi connectivity index (χ0) is 8.57. The first-order chi connectivity index (χ1) is 4.54. The van der Waals surface area contributed by atoms with Crippen molar-refractivity contribution < 1.29 is 19.4 Å². The number of nitrogens with two attached hydrogens (primary N) is 1. The van der Waals surface area contributed by atoms with E-state index in [4.69, 9.17) is 9.90 Å². The number of primary amides is 1. The van der Waals surface area contributed by atoms with Crippen molar-refractivity contribution in [3.8, 4) is 0 Å². The molecule has 0 aromatic heterocycles. The molecule has 0 radical (unpaired) electrons. The number of hydrogen-bond acceptors (Lipinski definition) is 3. The minimum absolute atomic E-state index is 0.481. The standard InChI is InChI=1S/C3H5NO.C2H4O3/c1-2-3(4)5;1-5-2(3)4/h2H,1H2,(H2,4,5);1H3,(H,3,4). The number of rotatable bonds is 1. The highest BCUT2D eigenvalue weighted by atomic mass is 16.6. The molecule has 0 aliphatic carbocycles. The van der Waals surface area contributed by atoms with Crippen molar-refractivity contribution >= 4 is 12.1 Å². The van der Waals surface area contributed by atoms with E-state index in [1.165, 1.54) is 0 Å². The molecule has 0 bridgehead atoms. The Balaban J connectivity index is 0. The molecule has 5 heteroatoms. The maximum Gasteiger partial charge on any atom is 0.505 e. The number of carbonyl (C=O) groups is 2. The van der Waals surface area contributed by atoms with Gasteiger partial charge in [-0.25, -0.2) is 4.79 Å². The summed E-state index contributed by atoms with van der Waals surface area (Å²) in [4.78, 5) is 18.6. The molecule has 0 unspecified atom stereocenters. The molecule has 0 aromatic rings. The second-order valence-electron chi connectivity index (χ2n) is 1.08. The molecule has 0 heterocycles. The van der Waals surface area contributed by atoms with E-state index < -0.39 is 12.1 Å². The lowest BCUT2D eigenvalue weighted by Crippen LogP contribution is -2.04. The predicted octanol–water partition coefficient (Wildman–Crippen LogP) is -0.0315. The van der Waals surface area contributed by atoms with Crippen LogP contribution >= 0.6 is 0 Å². The highest BCUT2D eigenvalue weighted by molar-refractivity contribution is 5.84. The molecule has 0 spiro atoms. The lowest BCUT2D eigenvalue weighted by Gasteiger charge is -1.79. The van der Waals surface area contributed by atoms with Gasteiger partial charge in [0.25, 0.3) is 0 Å². The molecule has 0 aliphatic heterocycles. The Morgan fingerprint density at radius 1 is 1.70 bits per heavy atom. The molecule has 5 nitrogen and oxygen atoms in total. The van der Waals surface area contributed by atoms with Crippen LogP contribution in [0.3, 0.4) is 0 Å². The van der Waals surface area contributed by atoms with Crippen molar-refractivity contribution in [3.05, 3.63) is 12.7 Å². The van der Waals surface area contributed by atoms with Crippen LogP contribution in [-0.4, -0.2) is 24.3 Å². The third-order valence-corrected chi connectivity index (χ3v) is 0.376. The Morgan fingerprint density at radius 2 is 1.90 bits per heavy atom. The van der Waals surface area contributed by atoms with E-state index >= 15 is 0 Å². The Hall–Kier alpha value is -1.52. The molecule has 58 valence electrons. The number of carbonyl (C=O) groups excluding carboxylic acids is 1. The van der Waals surface area contributed by atoms with E-state index in [0.717, 1.165) is 13.2 Å². The molecule has 0 rings (SSSR count). The fourth-order valence-corrected chi connectivity index (χ4v) is 0. The molecular weight excluding hydrogens is 138 g/mol. The predicted molar refractivity (Wildman–Crippen MR) is 34.4 cm³/mol. The monoisotopic (exact) mass is 147 g/mol. The van der Waals surface area contributed by atoms with Crippen LogP contribution < -0.4 is 5.73 Å². The van der Waals surface area contributed by atoms with Gasteiger partial charge in [0, 0.05) is 0 Å². The van der Waals surface area contributed by atoms with Gasteiger partial charge in [-0.15, -0.1) is 0 Å². The summed E-state index contributed by atoms with van der Waals surface area (Å²) in [5.41, 5.74) is 4.53. The van der Waals surface area contributed by atoms with Crippen molar-refractivity contribution in [3.63, 3.8) is 0 Å². The lowest BCUT2D eigenvalue weighted by atomic mass is 10.6. The van der Waals surface area contributed by atoms with Crippen LogP contribution in [0.15, 0.2) is 12.7 Å². The summed E-state index contributed by atoms with van der Waals surface area (Å²) in [5, 5.41) is 7.50. The first-order valence-electron chi connectivity index (χ1n) is 2.23. The van der Waals surface area contributed by atoms with Crippen LogP contribution in [0.2, 0.25) is 0 Å². The quantitative estimate of drug-likeness (QED) is 0.402. The molecule has 0 saturated heterocycles. The number of amides is 1. The second-order valence-corrected chi connectivity index (χ2v) is 1.08. The summed E-state index contributed by atoms with van der Waals surface area (Å²) in [6, 6.07) is 0. The van der Waals surface area contributed by atoms with Gasteiger partial charge in [0.15, 0.2) is 0 Å². The van der Waals surface area contributed by atoms with Gasteiger partial charge in [-0.1, -0.05) is 6.58 Å². The Morgan fingerprint density at radius 3 is 1.90 bits per heavy atom. The summed E-state index contributed by atoms with van der Waals surface area (Å²) in [6.07, 6.45) is -0.190. The Kier molecular flexibility index (Phi) is 8.45. The van der Waals surface area contributed by atoms with Crippen LogP contribution in [0.1, 0.15) is 0 Å². The fourth-order valence-electron chi connectivity index (χ4n) is 0. The molecule has 0 aliphatic rings. The van der Waals surface area contributed by atoms with E-state index in [-0.39, 0.29) is 0 Å². The number of hydrogen-bond donors (Lipinski definition) is 2. The molecule has 0 fully saturated rings. The zero-order valence-electron chi connectivity index (χ0n) is 5.53. The third kappa shape index (κ3) is 31.6. The maximum atomic E-state index is 9.47. The number of ether oxygens (including phenoxy) is 1. The number of methoxy groups -OCH3 is 1. The molecule has 0 atom stereocenters. The van der Waals surface area contributed by atoms with E-state index in [1.807, 2.05) is 0 Å². The Bertz CT molecular complexity index is 132. The lowest BCUT2D eigenvalue weighted by molar-refractivity contribution is -0.113. The minimum atomic E-state index is -1.25. The molecule has 10 heavy (non-hydrogen) atoms. The van der Waals surface area contributed by atoms with Crippen molar-refractivity contribution in [1.82, 2.24) is 0 Å². The molecular formula is C5H9NO4. The van der Waals surface area contributed by atoms with Crippen LogP contribution in [0.5, 0.6) is 0 Å². The van der Waals surface area contributed by atoms with E-state index in [1.54, 1.807) is 0 Å². The van der Waals surface area contributed by atoms with Crippen LogP contribution in [0.25, 0.3) is 0 Å². The van der Waals surface area contributed by atoms with Gasteiger partial charge in [0.1, 0.15) is 0 Å². The minimum Gasteiger partial charge on any atom is -0.450 e. The van der Waals surface area contributed by atoms with Crippen molar-refractivity contribution in [1.29, 1.82) is 0 Å². The molecule has 1 amide bonds. The van der Waals surface area contributed by atoms with E-state index in [0.29, 0.717) is 0 Å². The first-order valence-corrected chi connectivity index (χ1v) is 2.23. The largest absolute Gasteiger partial charge is 0.505 e. The van der Waals surface area contributed by atoms with Crippen molar-refractivity contribution in [2.75, 3.05) is 7.11 Å². The van der Waals surface area contributed by atoms with Gasteiger partial charge in [-0.3, -0.25) is 4.79 Å². The van der Waals surface area contributed by atoms with Gasteiger partial charge in [-0.2, -0.15) is 0 Å². The maximum absolute atomic E-state index is 9.47. The number of carboxylic acid groups (broad SMARTS) is 1. The van der Waals surface area contributed by atoms with E-state index in [9.17, 15) is 4.79 Å². The average Bonchev–Trinajstić information content (AvgIpc) is 1.89. The van der Waals surface area contributed by atoms with Gasteiger partial charge in [0.2, 0.25) is 5.91 Å². The fraction of sp³-hybridized carbons (Fsp3) is 0.200. The summed E-state index contributed by atoms with van der Waals surface area (Å²) in [6.45, 7) is 3.09. The van der Waals surface area contributed by atoms with Gasteiger partial charge in [-0.05, 0) is 6.08 Å². The van der Waals surface area contributed by atoms with Gasteiger partial charge in [0.05, 0.1) is 7.11 Å². The first kappa shape index (κ1) is 11.3. The van der Waals surface area contributed by atoms with Gasteiger partial charge < -0.3 is 15.6 Å². The SMILES string of the molecule is C=CC(N)=O.COC(=O)O. The topological polar surface area (TPSA) is 89.6 Å². The smallest absolute Gasteiger partial charge is 0.450 e. The highest BCUT2D eigenvalue weighted by Crippen LogP contribution is 1.60.